The lowest BCUT2D eigenvalue weighted by atomic mass is 9.96. The summed E-state index contributed by atoms with van der Waals surface area (Å²) in [5, 5.41) is 0. The lowest BCUT2D eigenvalue weighted by Gasteiger charge is -2.21. The Morgan fingerprint density at radius 3 is 2.53 bits per heavy atom. The first kappa shape index (κ1) is 12.4. The number of benzene rings is 1. The van der Waals surface area contributed by atoms with Gasteiger partial charge in [-0.15, -0.1) is 11.6 Å². The van der Waals surface area contributed by atoms with Crippen molar-refractivity contribution in [2.45, 2.75) is 26.2 Å². The van der Waals surface area contributed by atoms with Crippen LogP contribution in [0.1, 0.15) is 25.0 Å². The summed E-state index contributed by atoms with van der Waals surface area (Å²) in [7, 11) is 0. The molecule has 0 aliphatic carbocycles. The molecule has 0 bridgehead atoms. The van der Waals surface area contributed by atoms with E-state index in [4.69, 9.17) is 11.6 Å². The molecule has 0 heterocycles. The fraction of sp³-hybridized carbons (Fsp3) is 0.500. The molecule has 1 aromatic rings. The molecule has 0 atom stereocenters. The Labute approximate surface area is 94.3 Å². The zero-order valence-corrected chi connectivity index (χ0v) is 9.69. The quantitative estimate of drug-likeness (QED) is 0.682. The fourth-order valence-corrected chi connectivity index (χ4v) is 1.59. The van der Waals surface area contributed by atoms with Gasteiger partial charge in [0.15, 0.2) is 0 Å². The first-order chi connectivity index (χ1) is 6.98. The molecule has 0 saturated heterocycles. The van der Waals surface area contributed by atoms with Crippen LogP contribution in [0.5, 0.6) is 0 Å². The number of alkyl halides is 3. The van der Waals surface area contributed by atoms with Gasteiger partial charge in [-0.3, -0.25) is 0 Å². The van der Waals surface area contributed by atoms with Gasteiger partial charge >= 0.3 is 0 Å². The summed E-state index contributed by atoms with van der Waals surface area (Å²) in [6.45, 7) is 3.04. The molecule has 0 radical (unpaired) electrons. The van der Waals surface area contributed by atoms with Gasteiger partial charge in [0.1, 0.15) is 0 Å². The van der Waals surface area contributed by atoms with E-state index < -0.39 is 11.8 Å². The first-order valence-corrected chi connectivity index (χ1v) is 5.55. The molecule has 0 amide bonds. The predicted molar refractivity (Wildman–Crippen MR) is 59.6 cm³/mol. The second kappa shape index (κ2) is 4.93. The molecule has 0 spiro atoms. The maximum absolute atomic E-state index is 13.7. The Hall–Kier alpha value is -0.630. The summed E-state index contributed by atoms with van der Waals surface area (Å²) < 4.78 is 27.3. The molecule has 0 N–H and O–H groups in total. The minimum Gasteiger partial charge on any atom is -0.201 e. The number of hydrogen-bond acceptors (Lipinski definition) is 0. The van der Waals surface area contributed by atoms with E-state index in [-0.39, 0.29) is 5.56 Å². The van der Waals surface area contributed by atoms with Crippen LogP contribution in [0.4, 0.5) is 8.78 Å². The second-order valence-corrected chi connectivity index (χ2v) is 4.29. The van der Waals surface area contributed by atoms with Crippen LogP contribution in [-0.4, -0.2) is 5.88 Å². The topological polar surface area (TPSA) is 0 Å². The molecule has 84 valence electrons. The molecule has 0 saturated carbocycles. The van der Waals surface area contributed by atoms with Crippen molar-refractivity contribution in [3.05, 3.63) is 35.4 Å². The number of hydrogen-bond donors (Lipinski definition) is 0. The maximum Gasteiger partial charge on any atom is 0.275 e. The molecule has 0 aliphatic rings. The average molecular weight is 233 g/mol. The molecule has 0 aromatic heterocycles. The van der Waals surface area contributed by atoms with Gasteiger partial charge in [0.05, 0.1) is 0 Å². The van der Waals surface area contributed by atoms with E-state index in [2.05, 4.69) is 0 Å². The molecule has 1 rings (SSSR count). The lowest BCUT2D eigenvalue weighted by molar-refractivity contribution is -0.0514. The zero-order chi connectivity index (χ0) is 11.5. The van der Waals surface area contributed by atoms with E-state index in [1.54, 1.807) is 12.1 Å². The van der Waals surface area contributed by atoms with E-state index in [1.807, 2.05) is 6.07 Å². The van der Waals surface area contributed by atoms with Crippen molar-refractivity contribution in [3.63, 3.8) is 0 Å². The zero-order valence-electron chi connectivity index (χ0n) is 8.93. The van der Waals surface area contributed by atoms with Gasteiger partial charge in [-0.25, -0.2) is 8.78 Å². The third-order valence-corrected chi connectivity index (χ3v) is 2.61. The van der Waals surface area contributed by atoms with Crippen LogP contribution < -0.4 is 0 Å². The van der Waals surface area contributed by atoms with Crippen molar-refractivity contribution in [3.8, 4) is 0 Å². The van der Waals surface area contributed by atoms with Gasteiger partial charge in [0.25, 0.3) is 5.92 Å². The Balaban J connectivity index is 2.99. The molecule has 0 unspecified atom stereocenters. The molecular weight excluding hydrogens is 218 g/mol. The second-order valence-electron chi connectivity index (χ2n) is 3.92. The normalized spacial score (nSPS) is 12.1. The highest BCUT2D eigenvalue weighted by atomic mass is 35.5. The number of aryl methyl sites for hydroxylation is 1. The van der Waals surface area contributed by atoms with Gasteiger partial charge in [-0.05, 0) is 18.1 Å². The summed E-state index contributed by atoms with van der Waals surface area (Å²) in [5.41, 5.74) is 0.947. The molecular formula is C12H15ClF2. The monoisotopic (exact) mass is 232 g/mol. The molecule has 15 heavy (non-hydrogen) atoms. The van der Waals surface area contributed by atoms with Crippen molar-refractivity contribution in [1.82, 2.24) is 0 Å². The molecule has 0 nitrogen and oxygen atoms in total. The summed E-state index contributed by atoms with van der Waals surface area (Å²) in [4.78, 5) is 0. The van der Waals surface area contributed by atoms with Crippen LogP contribution in [0.15, 0.2) is 24.3 Å². The third kappa shape index (κ3) is 2.91. The SMILES string of the molecule is CC(C)C(F)(F)c1cccc(CCCl)c1. The van der Waals surface area contributed by atoms with Gasteiger partial charge in [-0.1, -0.05) is 32.0 Å². The minimum absolute atomic E-state index is 0.0834. The highest BCUT2D eigenvalue weighted by molar-refractivity contribution is 6.17. The molecule has 0 fully saturated rings. The largest absolute Gasteiger partial charge is 0.275 e. The number of halogens is 3. The van der Waals surface area contributed by atoms with E-state index in [0.29, 0.717) is 12.3 Å². The van der Waals surface area contributed by atoms with Crippen molar-refractivity contribution >= 4 is 11.6 Å². The molecule has 0 aliphatic heterocycles. The predicted octanol–water partition coefficient (Wildman–Crippen LogP) is 4.22. The third-order valence-electron chi connectivity index (χ3n) is 2.42. The minimum atomic E-state index is -2.76. The Bertz CT molecular complexity index is 321. The maximum atomic E-state index is 13.7. The van der Waals surface area contributed by atoms with Gasteiger partial charge in [-0.2, -0.15) is 0 Å². The number of rotatable bonds is 4. The highest BCUT2D eigenvalue weighted by Gasteiger charge is 2.35. The molecule has 1 aromatic carbocycles. The Morgan fingerprint density at radius 2 is 2.00 bits per heavy atom. The van der Waals surface area contributed by atoms with E-state index in [9.17, 15) is 8.78 Å². The Morgan fingerprint density at radius 1 is 1.33 bits per heavy atom. The van der Waals surface area contributed by atoms with Crippen LogP contribution in [0.3, 0.4) is 0 Å². The van der Waals surface area contributed by atoms with Gasteiger partial charge in [0.2, 0.25) is 0 Å². The summed E-state index contributed by atoms with van der Waals surface area (Å²) in [5.74, 6) is -3.00. The summed E-state index contributed by atoms with van der Waals surface area (Å²) in [6.07, 6.45) is 0.629. The van der Waals surface area contributed by atoms with Crippen LogP contribution in [0.2, 0.25) is 0 Å². The standard InChI is InChI=1S/C12H15ClF2/c1-9(2)12(14,15)11-5-3-4-10(8-11)6-7-13/h3-5,8-9H,6-7H2,1-2H3. The van der Waals surface area contributed by atoms with E-state index in [1.165, 1.54) is 19.9 Å². The highest BCUT2D eigenvalue weighted by Crippen LogP contribution is 2.35. The molecule has 3 heteroatoms. The summed E-state index contributed by atoms with van der Waals surface area (Å²) >= 11 is 5.58. The lowest BCUT2D eigenvalue weighted by Crippen LogP contribution is -2.21. The summed E-state index contributed by atoms with van der Waals surface area (Å²) in [6, 6.07) is 6.50. The Kier molecular flexibility index (Phi) is 4.09. The van der Waals surface area contributed by atoms with Crippen molar-refractivity contribution in [1.29, 1.82) is 0 Å². The van der Waals surface area contributed by atoms with Crippen molar-refractivity contribution < 1.29 is 8.78 Å². The smallest absolute Gasteiger partial charge is 0.201 e. The van der Waals surface area contributed by atoms with Crippen LogP contribution >= 0.6 is 11.6 Å². The van der Waals surface area contributed by atoms with Gasteiger partial charge in [0, 0.05) is 17.4 Å². The van der Waals surface area contributed by atoms with Crippen LogP contribution in [0.25, 0.3) is 0 Å². The van der Waals surface area contributed by atoms with Crippen LogP contribution in [-0.2, 0) is 12.3 Å². The van der Waals surface area contributed by atoms with Crippen molar-refractivity contribution in [2.24, 2.45) is 5.92 Å². The van der Waals surface area contributed by atoms with E-state index in [0.717, 1.165) is 5.56 Å². The average Bonchev–Trinajstić information content (AvgIpc) is 2.18. The van der Waals surface area contributed by atoms with Crippen LogP contribution in [0, 0.1) is 5.92 Å². The van der Waals surface area contributed by atoms with Crippen molar-refractivity contribution in [2.75, 3.05) is 5.88 Å². The fourth-order valence-electron chi connectivity index (χ4n) is 1.38. The van der Waals surface area contributed by atoms with Gasteiger partial charge < -0.3 is 0 Å². The van der Waals surface area contributed by atoms with E-state index >= 15 is 0 Å². The first-order valence-electron chi connectivity index (χ1n) is 5.01.